The van der Waals surface area contributed by atoms with E-state index in [9.17, 15) is 4.79 Å². The average Bonchev–Trinajstić information content (AvgIpc) is 2.32. The fraction of sp³-hybridized carbons (Fsp3) is 0.286. The Kier molecular flexibility index (Phi) is 3.58. The van der Waals surface area contributed by atoms with Crippen LogP contribution in [0.1, 0.15) is 22.9 Å². The van der Waals surface area contributed by atoms with Gasteiger partial charge in [-0.2, -0.15) is 0 Å². The third-order valence-corrected chi connectivity index (χ3v) is 2.88. The van der Waals surface area contributed by atoms with Gasteiger partial charge in [0.2, 0.25) is 0 Å². The monoisotopic (exact) mass is 243 g/mol. The lowest BCUT2D eigenvalue weighted by Gasteiger charge is -2.14. The minimum Gasteiger partial charge on any atom is -0.322 e. The van der Waals surface area contributed by atoms with E-state index in [4.69, 9.17) is 5.73 Å². The Labute approximate surface area is 106 Å². The van der Waals surface area contributed by atoms with Crippen molar-refractivity contribution in [2.75, 3.05) is 0 Å². The molecule has 0 bridgehead atoms. The molecule has 2 N–H and O–H groups in total. The molecule has 1 aromatic carbocycles. The molecule has 94 valence electrons. The maximum atomic E-state index is 11.7. The minimum atomic E-state index is -0.202. The van der Waals surface area contributed by atoms with E-state index >= 15 is 0 Å². The fourth-order valence-corrected chi connectivity index (χ4v) is 1.87. The van der Waals surface area contributed by atoms with Crippen LogP contribution in [0.2, 0.25) is 0 Å². The van der Waals surface area contributed by atoms with E-state index in [0.717, 1.165) is 16.8 Å². The highest BCUT2D eigenvalue weighted by atomic mass is 16.1. The van der Waals surface area contributed by atoms with Crippen molar-refractivity contribution in [1.29, 1.82) is 0 Å². The van der Waals surface area contributed by atoms with E-state index in [-0.39, 0.29) is 11.6 Å². The molecule has 0 radical (unpaired) electrons. The number of nitrogens with two attached hydrogens (primary N) is 1. The maximum absolute atomic E-state index is 11.7. The lowest BCUT2D eigenvalue weighted by Crippen LogP contribution is -2.26. The molecule has 4 heteroatoms. The van der Waals surface area contributed by atoms with E-state index in [2.05, 4.69) is 4.98 Å². The molecule has 0 spiro atoms. The van der Waals surface area contributed by atoms with Gasteiger partial charge in [-0.25, -0.2) is 4.98 Å². The Balaban J connectivity index is 2.21. The van der Waals surface area contributed by atoms with Crippen molar-refractivity contribution >= 4 is 0 Å². The van der Waals surface area contributed by atoms with Gasteiger partial charge >= 0.3 is 0 Å². The zero-order chi connectivity index (χ0) is 13.1. The minimum absolute atomic E-state index is 0.0643. The summed E-state index contributed by atoms with van der Waals surface area (Å²) in [5.74, 6) is 0. The lowest BCUT2D eigenvalue weighted by atomic mass is 10.1. The second-order valence-electron chi connectivity index (χ2n) is 4.54. The molecule has 1 unspecified atom stereocenters. The van der Waals surface area contributed by atoms with Crippen LogP contribution in [0.5, 0.6) is 0 Å². The third kappa shape index (κ3) is 2.84. The predicted octanol–water partition coefficient (Wildman–Crippen LogP) is 1.56. The SMILES string of the molecule is Cc1cccc(C(N)Cn2cnc(C)cc2=O)c1. The van der Waals surface area contributed by atoms with Crippen LogP contribution in [-0.4, -0.2) is 9.55 Å². The van der Waals surface area contributed by atoms with Crippen LogP contribution in [0.4, 0.5) is 0 Å². The van der Waals surface area contributed by atoms with Crippen LogP contribution in [-0.2, 0) is 6.54 Å². The number of hydrogen-bond donors (Lipinski definition) is 1. The molecule has 0 fully saturated rings. The summed E-state index contributed by atoms with van der Waals surface area (Å²) in [4.78, 5) is 15.9. The first kappa shape index (κ1) is 12.5. The molecule has 0 aliphatic rings. The second kappa shape index (κ2) is 5.14. The summed E-state index contributed by atoms with van der Waals surface area (Å²) in [7, 11) is 0. The molecule has 4 nitrogen and oxygen atoms in total. The van der Waals surface area contributed by atoms with Crippen molar-refractivity contribution < 1.29 is 0 Å². The lowest BCUT2D eigenvalue weighted by molar-refractivity contribution is 0.552. The zero-order valence-electron chi connectivity index (χ0n) is 10.6. The summed E-state index contributed by atoms with van der Waals surface area (Å²) in [5, 5.41) is 0. The summed E-state index contributed by atoms with van der Waals surface area (Å²) < 4.78 is 1.54. The van der Waals surface area contributed by atoms with Crippen molar-refractivity contribution in [3.8, 4) is 0 Å². The van der Waals surface area contributed by atoms with E-state index in [1.807, 2.05) is 31.2 Å². The van der Waals surface area contributed by atoms with Gasteiger partial charge in [-0.3, -0.25) is 9.36 Å². The summed E-state index contributed by atoms with van der Waals surface area (Å²) in [6.07, 6.45) is 1.55. The highest BCUT2D eigenvalue weighted by molar-refractivity contribution is 5.24. The van der Waals surface area contributed by atoms with Gasteiger partial charge in [0.25, 0.3) is 5.56 Å². The first-order valence-corrected chi connectivity index (χ1v) is 5.91. The van der Waals surface area contributed by atoms with Crippen LogP contribution >= 0.6 is 0 Å². The molecule has 0 aliphatic heterocycles. The largest absolute Gasteiger partial charge is 0.322 e. The molecular formula is C14H17N3O. The van der Waals surface area contributed by atoms with E-state index in [1.165, 1.54) is 6.07 Å². The number of aryl methyl sites for hydroxylation is 2. The van der Waals surface area contributed by atoms with Gasteiger partial charge in [-0.05, 0) is 19.4 Å². The van der Waals surface area contributed by atoms with E-state index in [0.29, 0.717) is 6.54 Å². The standard InChI is InChI=1S/C14H17N3O/c1-10-4-3-5-12(6-10)13(15)8-17-9-16-11(2)7-14(17)18/h3-7,9,13H,8,15H2,1-2H3. The number of aromatic nitrogens is 2. The molecule has 0 amide bonds. The Hall–Kier alpha value is -1.94. The Morgan fingerprint density at radius 3 is 2.78 bits per heavy atom. The van der Waals surface area contributed by atoms with Crippen LogP contribution in [0, 0.1) is 13.8 Å². The summed E-state index contributed by atoms with van der Waals surface area (Å²) in [6.45, 7) is 4.26. The number of nitrogens with zero attached hydrogens (tertiary/aromatic N) is 2. The topological polar surface area (TPSA) is 60.9 Å². The summed E-state index contributed by atoms with van der Waals surface area (Å²) in [6, 6.07) is 9.33. The van der Waals surface area contributed by atoms with Crippen molar-refractivity contribution in [2.24, 2.45) is 5.73 Å². The van der Waals surface area contributed by atoms with Gasteiger partial charge in [0.05, 0.1) is 6.33 Å². The molecule has 1 heterocycles. The number of rotatable bonds is 3. The Morgan fingerprint density at radius 2 is 2.11 bits per heavy atom. The quantitative estimate of drug-likeness (QED) is 0.890. The fourth-order valence-electron chi connectivity index (χ4n) is 1.87. The smallest absolute Gasteiger partial charge is 0.253 e. The highest BCUT2D eigenvalue weighted by Crippen LogP contribution is 2.13. The first-order chi connectivity index (χ1) is 8.56. The average molecular weight is 243 g/mol. The normalized spacial score (nSPS) is 12.4. The van der Waals surface area contributed by atoms with Gasteiger partial charge in [-0.1, -0.05) is 29.8 Å². The van der Waals surface area contributed by atoms with Gasteiger partial charge in [0.1, 0.15) is 0 Å². The predicted molar refractivity (Wildman–Crippen MR) is 71.3 cm³/mol. The number of hydrogen-bond acceptors (Lipinski definition) is 3. The van der Waals surface area contributed by atoms with Gasteiger partial charge in [-0.15, -0.1) is 0 Å². The molecule has 0 saturated heterocycles. The molecular weight excluding hydrogens is 226 g/mol. The molecule has 2 rings (SSSR count). The highest BCUT2D eigenvalue weighted by Gasteiger charge is 2.08. The van der Waals surface area contributed by atoms with Crippen molar-refractivity contribution in [3.05, 3.63) is 63.8 Å². The summed E-state index contributed by atoms with van der Waals surface area (Å²) in [5.41, 5.74) is 8.97. The Bertz CT molecular complexity index is 604. The van der Waals surface area contributed by atoms with Crippen LogP contribution in [0.3, 0.4) is 0 Å². The van der Waals surface area contributed by atoms with Crippen molar-refractivity contribution in [2.45, 2.75) is 26.4 Å². The molecule has 0 saturated carbocycles. The van der Waals surface area contributed by atoms with Crippen molar-refractivity contribution in [3.63, 3.8) is 0 Å². The first-order valence-electron chi connectivity index (χ1n) is 5.91. The molecule has 1 atom stereocenters. The Morgan fingerprint density at radius 1 is 1.33 bits per heavy atom. The van der Waals surface area contributed by atoms with Crippen LogP contribution in [0.15, 0.2) is 41.5 Å². The van der Waals surface area contributed by atoms with Gasteiger partial charge < -0.3 is 5.73 Å². The molecule has 1 aromatic heterocycles. The molecule has 2 aromatic rings. The maximum Gasteiger partial charge on any atom is 0.253 e. The van der Waals surface area contributed by atoms with Crippen LogP contribution in [0.25, 0.3) is 0 Å². The molecule has 18 heavy (non-hydrogen) atoms. The van der Waals surface area contributed by atoms with E-state index < -0.39 is 0 Å². The zero-order valence-corrected chi connectivity index (χ0v) is 10.6. The van der Waals surface area contributed by atoms with Crippen molar-refractivity contribution in [1.82, 2.24) is 9.55 Å². The third-order valence-electron chi connectivity index (χ3n) is 2.88. The van der Waals surface area contributed by atoms with Gasteiger partial charge in [0, 0.05) is 24.3 Å². The summed E-state index contributed by atoms with van der Waals surface area (Å²) >= 11 is 0. The van der Waals surface area contributed by atoms with E-state index in [1.54, 1.807) is 17.8 Å². The number of benzene rings is 1. The van der Waals surface area contributed by atoms with Gasteiger partial charge in [0.15, 0.2) is 0 Å². The second-order valence-corrected chi connectivity index (χ2v) is 4.54. The van der Waals surface area contributed by atoms with Crippen LogP contribution < -0.4 is 11.3 Å². The molecule has 0 aliphatic carbocycles.